The van der Waals surface area contributed by atoms with Crippen molar-refractivity contribution >= 4 is 27.8 Å². The zero-order valence-corrected chi connectivity index (χ0v) is 9.60. The molecule has 0 radical (unpaired) electrons. The van der Waals surface area contributed by atoms with Crippen LogP contribution < -0.4 is 10.5 Å². The fourth-order valence-electron chi connectivity index (χ4n) is 1.08. The van der Waals surface area contributed by atoms with Gasteiger partial charge in [0.2, 0.25) is 5.88 Å². The van der Waals surface area contributed by atoms with Crippen LogP contribution in [0.2, 0.25) is 0 Å². The number of rotatable bonds is 2. The summed E-state index contributed by atoms with van der Waals surface area (Å²) in [7, 11) is 0. The Morgan fingerprint density at radius 3 is 2.88 bits per heavy atom. The number of hydrogen-bond acceptors (Lipinski definition) is 5. The highest BCUT2D eigenvalue weighted by molar-refractivity contribution is 9.10. The number of carbonyl (C=O) groups is 1. The highest BCUT2D eigenvalue weighted by Gasteiger charge is 2.13. The highest BCUT2D eigenvalue weighted by atomic mass is 79.9. The van der Waals surface area contributed by atoms with E-state index in [-0.39, 0.29) is 11.6 Å². The van der Waals surface area contributed by atoms with Crippen LogP contribution in [0.3, 0.4) is 0 Å². The zero-order valence-electron chi connectivity index (χ0n) is 8.01. The smallest absolute Gasteiger partial charge is 0.366 e. The van der Waals surface area contributed by atoms with E-state index in [9.17, 15) is 4.79 Å². The molecule has 0 aliphatic rings. The Hall–Kier alpha value is -1.82. The van der Waals surface area contributed by atoms with E-state index in [1.54, 1.807) is 18.2 Å². The van der Waals surface area contributed by atoms with E-state index in [4.69, 9.17) is 10.5 Å². The third kappa shape index (κ3) is 2.40. The monoisotopic (exact) mass is 282 g/mol. The average Bonchev–Trinajstić information content (AvgIpc) is 2.65. The van der Waals surface area contributed by atoms with Crippen molar-refractivity contribution in [3.8, 4) is 5.75 Å². The van der Waals surface area contributed by atoms with Gasteiger partial charge in [0.25, 0.3) is 0 Å². The Bertz CT molecular complexity index is 524. The average molecular weight is 283 g/mol. The van der Waals surface area contributed by atoms with Gasteiger partial charge in [-0.25, -0.2) is 4.79 Å². The predicted molar refractivity (Wildman–Crippen MR) is 60.0 cm³/mol. The number of ether oxygens (including phenoxy) is 1. The van der Waals surface area contributed by atoms with Gasteiger partial charge in [-0.1, -0.05) is 27.2 Å². The highest BCUT2D eigenvalue weighted by Crippen LogP contribution is 2.19. The topological polar surface area (TPSA) is 78.4 Å². The second-order valence-electron chi connectivity index (χ2n) is 2.96. The molecule has 0 amide bonds. The standard InChI is InChI=1S/C10H7BrN2O3/c11-6-2-1-3-7(4-6)15-10(14)8-5-9(12)16-13-8/h1-5H,12H2. The van der Waals surface area contributed by atoms with E-state index in [0.717, 1.165) is 4.47 Å². The lowest BCUT2D eigenvalue weighted by Crippen LogP contribution is -2.08. The van der Waals surface area contributed by atoms with Gasteiger partial charge in [-0.15, -0.1) is 0 Å². The Morgan fingerprint density at radius 2 is 2.25 bits per heavy atom. The summed E-state index contributed by atoms with van der Waals surface area (Å²) >= 11 is 3.27. The fraction of sp³-hybridized carbons (Fsp3) is 0. The third-order valence-corrected chi connectivity index (χ3v) is 2.24. The number of aromatic nitrogens is 1. The number of benzene rings is 1. The summed E-state index contributed by atoms with van der Waals surface area (Å²) < 4.78 is 10.4. The number of esters is 1. The summed E-state index contributed by atoms with van der Waals surface area (Å²) in [6, 6.07) is 8.21. The molecule has 1 heterocycles. The second kappa shape index (κ2) is 4.36. The van der Waals surface area contributed by atoms with Crippen LogP contribution in [0.15, 0.2) is 39.3 Å². The van der Waals surface area contributed by atoms with Crippen LogP contribution in [-0.4, -0.2) is 11.1 Å². The molecular weight excluding hydrogens is 276 g/mol. The Labute approximate surface area is 99.3 Å². The van der Waals surface area contributed by atoms with Crippen LogP contribution in [0.5, 0.6) is 5.75 Å². The SMILES string of the molecule is Nc1cc(C(=O)Oc2cccc(Br)c2)no1. The number of hydrogen-bond donors (Lipinski definition) is 1. The molecule has 0 saturated carbocycles. The molecule has 1 aromatic carbocycles. The molecule has 0 unspecified atom stereocenters. The fourth-order valence-corrected chi connectivity index (χ4v) is 1.45. The maximum absolute atomic E-state index is 11.5. The van der Waals surface area contributed by atoms with Gasteiger partial charge in [0, 0.05) is 10.5 Å². The molecule has 0 bridgehead atoms. The van der Waals surface area contributed by atoms with E-state index >= 15 is 0 Å². The number of carbonyl (C=O) groups excluding carboxylic acids is 1. The Balaban J connectivity index is 2.13. The molecule has 0 spiro atoms. The van der Waals surface area contributed by atoms with Crippen molar-refractivity contribution in [3.63, 3.8) is 0 Å². The first-order valence-corrected chi connectivity index (χ1v) is 5.14. The molecule has 2 N–H and O–H groups in total. The molecule has 0 aliphatic heterocycles. The molecule has 0 atom stereocenters. The summed E-state index contributed by atoms with van der Waals surface area (Å²) in [5, 5.41) is 3.45. The van der Waals surface area contributed by atoms with E-state index < -0.39 is 5.97 Å². The number of halogens is 1. The lowest BCUT2D eigenvalue weighted by molar-refractivity contribution is 0.0724. The molecule has 82 valence electrons. The maximum Gasteiger partial charge on any atom is 0.366 e. The van der Waals surface area contributed by atoms with Crippen LogP contribution in [0.25, 0.3) is 0 Å². The largest absolute Gasteiger partial charge is 0.422 e. The van der Waals surface area contributed by atoms with Gasteiger partial charge in [-0.2, -0.15) is 0 Å². The first-order valence-electron chi connectivity index (χ1n) is 4.35. The Morgan fingerprint density at radius 1 is 1.44 bits per heavy atom. The maximum atomic E-state index is 11.5. The van der Waals surface area contributed by atoms with E-state index in [2.05, 4.69) is 25.6 Å². The van der Waals surface area contributed by atoms with Gasteiger partial charge in [0.05, 0.1) is 0 Å². The molecule has 6 heteroatoms. The zero-order chi connectivity index (χ0) is 11.5. The van der Waals surface area contributed by atoms with Gasteiger partial charge in [0.15, 0.2) is 5.69 Å². The van der Waals surface area contributed by atoms with Crippen LogP contribution in [0.1, 0.15) is 10.5 Å². The normalized spacial score (nSPS) is 10.1. The summed E-state index contributed by atoms with van der Waals surface area (Å²) in [5.74, 6) is -0.124. The van der Waals surface area contributed by atoms with Crippen LogP contribution in [-0.2, 0) is 0 Å². The molecule has 0 fully saturated rings. The van der Waals surface area contributed by atoms with Gasteiger partial charge in [-0.05, 0) is 18.2 Å². The molecule has 0 aliphatic carbocycles. The number of anilines is 1. The first-order chi connectivity index (χ1) is 7.65. The van der Waals surface area contributed by atoms with Crippen molar-refractivity contribution in [2.45, 2.75) is 0 Å². The molecule has 16 heavy (non-hydrogen) atoms. The van der Waals surface area contributed by atoms with Crippen molar-refractivity contribution in [1.82, 2.24) is 5.16 Å². The van der Waals surface area contributed by atoms with Gasteiger partial charge < -0.3 is 15.0 Å². The molecule has 0 saturated heterocycles. The summed E-state index contributed by atoms with van der Waals surface area (Å²) in [5.41, 5.74) is 5.33. The van der Waals surface area contributed by atoms with Crippen LogP contribution in [0, 0.1) is 0 Å². The minimum atomic E-state index is -0.612. The van der Waals surface area contributed by atoms with E-state index in [1.807, 2.05) is 6.07 Å². The molecule has 1 aromatic heterocycles. The van der Waals surface area contributed by atoms with E-state index in [1.165, 1.54) is 6.07 Å². The van der Waals surface area contributed by atoms with Gasteiger partial charge >= 0.3 is 5.97 Å². The molecule has 5 nitrogen and oxygen atoms in total. The molecule has 2 aromatic rings. The second-order valence-corrected chi connectivity index (χ2v) is 3.88. The van der Waals surface area contributed by atoms with Crippen LogP contribution >= 0.6 is 15.9 Å². The number of nitrogens with two attached hydrogens (primary N) is 1. The lowest BCUT2D eigenvalue weighted by atomic mass is 10.3. The van der Waals surface area contributed by atoms with Crippen molar-refractivity contribution in [2.24, 2.45) is 0 Å². The molecule has 2 rings (SSSR count). The van der Waals surface area contributed by atoms with Gasteiger partial charge in [-0.3, -0.25) is 0 Å². The summed E-state index contributed by atoms with van der Waals surface area (Å²) in [4.78, 5) is 11.5. The Kier molecular flexibility index (Phi) is 2.91. The number of nitrogen functional groups attached to an aromatic ring is 1. The summed E-state index contributed by atoms with van der Waals surface area (Å²) in [6.45, 7) is 0. The van der Waals surface area contributed by atoms with Crippen molar-refractivity contribution in [3.05, 3.63) is 40.5 Å². The molecular formula is C10H7BrN2O3. The number of nitrogens with zero attached hydrogens (tertiary/aromatic N) is 1. The third-order valence-electron chi connectivity index (χ3n) is 1.74. The quantitative estimate of drug-likeness (QED) is 0.675. The van der Waals surface area contributed by atoms with Crippen molar-refractivity contribution in [1.29, 1.82) is 0 Å². The first kappa shape index (κ1) is 10.7. The minimum Gasteiger partial charge on any atom is -0.422 e. The predicted octanol–water partition coefficient (Wildman–Crippen LogP) is 2.24. The van der Waals surface area contributed by atoms with Crippen LogP contribution in [0.4, 0.5) is 5.88 Å². The minimum absolute atomic E-state index is 0.0393. The van der Waals surface area contributed by atoms with Crippen molar-refractivity contribution < 1.29 is 14.1 Å². The lowest BCUT2D eigenvalue weighted by Gasteiger charge is -2.01. The van der Waals surface area contributed by atoms with E-state index in [0.29, 0.717) is 5.75 Å². The summed E-state index contributed by atoms with van der Waals surface area (Å²) in [6.07, 6.45) is 0. The van der Waals surface area contributed by atoms with Gasteiger partial charge in [0.1, 0.15) is 5.75 Å². The van der Waals surface area contributed by atoms with Crippen molar-refractivity contribution in [2.75, 3.05) is 5.73 Å².